The number of carbonyl (C=O) groups excluding carboxylic acids is 2. The van der Waals surface area contributed by atoms with Crippen molar-refractivity contribution in [1.29, 1.82) is 0 Å². The molecule has 1 fully saturated rings. The van der Waals surface area contributed by atoms with Crippen molar-refractivity contribution in [2.45, 2.75) is 45.1 Å². The molecule has 0 atom stereocenters. The predicted molar refractivity (Wildman–Crippen MR) is 58.0 cm³/mol. The summed E-state index contributed by atoms with van der Waals surface area (Å²) in [4.78, 5) is 22.8. The van der Waals surface area contributed by atoms with Crippen LogP contribution in [-0.2, 0) is 14.3 Å². The summed E-state index contributed by atoms with van der Waals surface area (Å²) >= 11 is 0. The molecule has 1 saturated carbocycles. The van der Waals surface area contributed by atoms with E-state index in [0.717, 1.165) is 12.8 Å². The number of hydrogen-bond acceptors (Lipinski definition) is 4. The molecule has 16 heavy (non-hydrogen) atoms. The van der Waals surface area contributed by atoms with E-state index in [2.05, 4.69) is 5.32 Å². The van der Waals surface area contributed by atoms with E-state index in [9.17, 15) is 9.59 Å². The third kappa shape index (κ3) is 3.40. The van der Waals surface area contributed by atoms with E-state index in [-0.39, 0.29) is 5.97 Å². The molecule has 1 aliphatic rings. The van der Waals surface area contributed by atoms with Crippen LogP contribution < -0.4 is 5.32 Å². The van der Waals surface area contributed by atoms with Crippen molar-refractivity contribution in [3.63, 3.8) is 0 Å². The standard InChI is InChI=1S/C11H19NO4/c1-3-5-8-16-10(14)12-11(6-7-11)9(13)15-4-2/h3-8H2,1-2H3,(H,12,14). The fourth-order valence-corrected chi connectivity index (χ4v) is 1.32. The third-order valence-corrected chi connectivity index (χ3v) is 2.49. The first-order chi connectivity index (χ1) is 7.64. The molecule has 5 heteroatoms. The Hall–Kier alpha value is -1.26. The summed E-state index contributed by atoms with van der Waals surface area (Å²) in [6.07, 6.45) is 2.54. The zero-order valence-electron chi connectivity index (χ0n) is 9.88. The van der Waals surface area contributed by atoms with E-state index < -0.39 is 11.6 Å². The number of rotatable bonds is 6. The minimum atomic E-state index is -0.806. The molecule has 0 bridgehead atoms. The average Bonchev–Trinajstić information content (AvgIpc) is 3.00. The third-order valence-electron chi connectivity index (χ3n) is 2.49. The van der Waals surface area contributed by atoms with E-state index in [1.54, 1.807) is 6.92 Å². The highest BCUT2D eigenvalue weighted by atomic mass is 16.6. The van der Waals surface area contributed by atoms with Gasteiger partial charge in [-0.15, -0.1) is 0 Å². The Bertz CT molecular complexity index is 261. The fourth-order valence-electron chi connectivity index (χ4n) is 1.32. The molecule has 1 amide bonds. The minimum Gasteiger partial charge on any atom is -0.464 e. The summed E-state index contributed by atoms with van der Waals surface area (Å²) in [6, 6.07) is 0. The van der Waals surface area contributed by atoms with E-state index in [1.807, 2.05) is 6.92 Å². The van der Waals surface area contributed by atoms with Gasteiger partial charge in [-0.05, 0) is 26.2 Å². The van der Waals surface area contributed by atoms with Gasteiger partial charge in [-0.25, -0.2) is 9.59 Å². The van der Waals surface area contributed by atoms with Crippen LogP contribution in [0.15, 0.2) is 0 Å². The fraction of sp³-hybridized carbons (Fsp3) is 0.818. The van der Waals surface area contributed by atoms with Crippen LogP contribution in [0.2, 0.25) is 0 Å². The lowest BCUT2D eigenvalue weighted by atomic mass is 10.3. The summed E-state index contributed by atoms with van der Waals surface area (Å²) in [5.74, 6) is -0.359. The molecule has 0 saturated heterocycles. The molecule has 0 aliphatic heterocycles. The van der Waals surface area contributed by atoms with Gasteiger partial charge in [0.15, 0.2) is 0 Å². The van der Waals surface area contributed by atoms with Crippen LogP contribution in [0.25, 0.3) is 0 Å². The molecule has 0 aromatic rings. The van der Waals surface area contributed by atoms with Crippen LogP contribution in [0.3, 0.4) is 0 Å². The second-order valence-corrected chi connectivity index (χ2v) is 3.92. The number of carbonyl (C=O) groups is 2. The number of esters is 1. The summed E-state index contributed by atoms with van der Waals surface area (Å²) in [5.41, 5.74) is -0.806. The van der Waals surface area contributed by atoms with Gasteiger partial charge in [0.25, 0.3) is 0 Å². The predicted octanol–water partition coefficient (Wildman–Crippen LogP) is 1.61. The number of amides is 1. The van der Waals surface area contributed by atoms with Gasteiger partial charge >= 0.3 is 12.1 Å². The lowest BCUT2D eigenvalue weighted by molar-refractivity contribution is -0.146. The van der Waals surface area contributed by atoms with Crippen LogP contribution in [0.5, 0.6) is 0 Å². The number of hydrogen-bond donors (Lipinski definition) is 1. The van der Waals surface area contributed by atoms with Gasteiger partial charge in [0, 0.05) is 0 Å². The second kappa shape index (κ2) is 5.72. The molecule has 0 radical (unpaired) electrons. The molecule has 0 aromatic heterocycles. The number of ether oxygens (including phenoxy) is 2. The Morgan fingerprint density at radius 1 is 1.25 bits per heavy atom. The Morgan fingerprint density at radius 2 is 1.94 bits per heavy atom. The van der Waals surface area contributed by atoms with Crippen molar-refractivity contribution in [3.8, 4) is 0 Å². The average molecular weight is 229 g/mol. The minimum absolute atomic E-state index is 0.327. The monoisotopic (exact) mass is 229 g/mol. The van der Waals surface area contributed by atoms with Gasteiger partial charge in [-0.3, -0.25) is 0 Å². The van der Waals surface area contributed by atoms with Crippen LogP contribution in [-0.4, -0.2) is 30.8 Å². The van der Waals surface area contributed by atoms with Gasteiger partial charge in [-0.2, -0.15) is 0 Å². The van der Waals surface area contributed by atoms with Crippen molar-refractivity contribution < 1.29 is 19.1 Å². The lowest BCUT2D eigenvalue weighted by Crippen LogP contribution is -2.44. The zero-order valence-corrected chi connectivity index (χ0v) is 9.88. The number of unbranched alkanes of at least 4 members (excludes halogenated alkanes) is 1. The van der Waals surface area contributed by atoms with E-state index in [4.69, 9.17) is 9.47 Å². The summed E-state index contributed by atoms with van der Waals surface area (Å²) in [6.45, 7) is 4.48. The molecule has 0 aromatic carbocycles. The van der Waals surface area contributed by atoms with Crippen LogP contribution >= 0.6 is 0 Å². The first kappa shape index (κ1) is 12.8. The van der Waals surface area contributed by atoms with E-state index >= 15 is 0 Å². The molecule has 1 N–H and O–H groups in total. The van der Waals surface area contributed by atoms with Gasteiger partial charge in [-0.1, -0.05) is 13.3 Å². The maximum atomic E-state index is 11.5. The van der Waals surface area contributed by atoms with Crippen LogP contribution in [0, 0.1) is 0 Å². The van der Waals surface area contributed by atoms with E-state index in [0.29, 0.717) is 26.1 Å². The Morgan fingerprint density at radius 3 is 2.44 bits per heavy atom. The first-order valence-corrected chi connectivity index (χ1v) is 5.77. The van der Waals surface area contributed by atoms with Gasteiger partial charge in [0.05, 0.1) is 13.2 Å². The van der Waals surface area contributed by atoms with Gasteiger partial charge < -0.3 is 14.8 Å². The topological polar surface area (TPSA) is 64.6 Å². The Labute approximate surface area is 95.5 Å². The summed E-state index contributed by atoms with van der Waals surface area (Å²) in [7, 11) is 0. The molecule has 0 unspecified atom stereocenters. The lowest BCUT2D eigenvalue weighted by Gasteiger charge is -2.15. The second-order valence-electron chi connectivity index (χ2n) is 3.92. The molecule has 1 aliphatic carbocycles. The van der Waals surface area contributed by atoms with E-state index in [1.165, 1.54) is 0 Å². The highest BCUT2D eigenvalue weighted by Crippen LogP contribution is 2.36. The molecule has 0 spiro atoms. The number of alkyl carbamates (subject to hydrolysis) is 1. The Balaban J connectivity index is 2.30. The Kier molecular flexibility index (Phi) is 4.58. The zero-order chi connectivity index (χ0) is 12.0. The molecule has 5 nitrogen and oxygen atoms in total. The molecule has 0 heterocycles. The molecular weight excluding hydrogens is 210 g/mol. The largest absolute Gasteiger partial charge is 0.464 e. The highest BCUT2D eigenvalue weighted by Gasteiger charge is 2.53. The smallest absolute Gasteiger partial charge is 0.408 e. The molecule has 92 valence electrons. The highest BCUT2D eigenvalue weighted by molar-refractivity contribution is 5.88. The SMILES string of the molecule is CCCCOC(=O)NC1(C(=O)OCC)CC1. The van der Waals surface area contributed by atoms with Crippen molar-refractivity contribution in [2.24, 2.45) is 0 Å². The normalized spacial score (nSPS) is 16.4. The van der Waals surface area contributed by atoms with Gasteiger partial charge in [0.1, 0.15) is 5.54 Å². The maximum Gasteiger partial charge on any atom is 0.408 e. The summed E-state index contributed by atoms with van der Waals surface area (Å²) in [5, 5.41) is 2.58. The van der Waals surface area contributed by atoms with Crippen molar-refractivity contribution in [1.82, 2.24) is 5.32 Å². The maximum absolute atomic E-state index is 11.5. The van der Waals surface area contributed by atoms with Crippen molar-refractivity contribution in [3.05, 3.63) is 0 Å². The first-order valence-electron chi connectivity index (χ1n) is 5.77. The molecule has 1 rings (SSSR count). The molecular formula is C11H19NO4. The van der Waals surface area contributed by atoms with Crippen molar-refractivity contribution in [2.75, 3.05) is 13.2 Å². The van der Waals surface area contributed by atoms with Gasteiger partial charge in [0.2, 0.25) is 0 Å². The number of nitrogens with one attached hydrogen (secondary N) is 1. The quantitative estimate of drug-likeness (QED) is 0.555. The summed E-state index contributed by atoms with van der Waals surface area (Å²) < 4.78 is 9.82. The van der Waals surface area contributed by atoms with Crippen LogP contribution in [0.4, 0.5) is 4.79 Å². The van der Waals surface area contributed by atoms with Crippen molar-refractivity contribution >= 4 is 12.1 Å². The van der Waals surface area contributed by atoms with Crippen LogP contribution in [0.1, 0.15) is 39.5 Å².